The van der Waals surface area contributed by atoms with Gasteiger partial charge in [0.15, 0.2) is 0 Å². The molecule has 1 unspecified atom stereocenters. The van der Waals surface area contributed by atoms with Crippen molar-refractivity contribution in [2.75, 3.05) is 13.2 Å². The monoisotopic (exact) mass is 245 g/mol. The fourth-order valence-electron chi connectivity index (χ4n) is 1.49. The Labute approximate surface area is 102 Å². The lowest BCUT2D eigenvalue weighted by Gasteiger charge is -2.24. The summed E-state index contributed by atoms with van der Waals surface area (Å²) in [6.45, 7) is 6.26. The molecule has 1 atom stereocenters. The largest absolute Gasteiger partial charge is 0.481 e. The van der Waals surface area contributed by atoms with Crippen LogP contribution < -0.4 is 5.32 Å². The van der Waals surface area contributed by atoms with Gasteiger partial charge in [-0.3, -0.25) is 9.59 Å². The normalized spacial score (nSPS) is 13.2. The Morgan fingerprint density at radius 2 is 1.88 bits per heavy atom. The molecule has 0 aliphatic carbocycles. The number of carboxylic acids is 1. The molecule has 100 valence electrons. The number of nitrogens with one attached hydrogen (secondary N) is 1. The molecular formula is C12H23NO4. The van der Waals surface area contributed by atoms with Crippen LogP contribution in [0.3, 0.4) is 0 Å². The summed E-state index contributed by atoms with van der Waals surface area (Å²) in [6.07, 6.45) is 0.854. The Kier molecular flexibility index (Phi) is 6.80. The van der Waals surface area contributed by atoms with E-state index >= 15 is 0 Å². The van der Waals surface area contributed by atoms with Crippen molar-refractivity contribution >= 4 is 11.9 Å². The molecule has 0 aromatic heterocycles. The van der Waals surface area contributed by atoms with Gasteiger partial charge in [0, 0.05) is 26.0 Å². The highest BCUT2D eigenvalue weighted by molar-refractivity contribution is 5.77. The van der Waals surface area contributed by atoms with Crippen LogP contribution in [0.2, 0.25) is 0 Å². The molecule has 0 rings (SSSR count). The highest BCUT2D eigenvalue weighted by Gasteiger charge is 2.19. The van der Waals surface area contributed by atoms with Crippen molar-refractivity contribution in [1.82, 2.24) is 5.32 Å². The molecule has 0 aliphatic rings. The third kappa shape index (κ3) is 8.68. The number of carboxylic acid groups (broad SMARTS) is 1. The van der Waals surface area contributed by atoms with E-state index in [2.05, 4.69) is 5.32 Å². The zero-order valence-corrected chi connectivity index (χ0v) is 10.8. The van der Waals surface area contributed by atoms with Gasteiger partial charge in [-0.25, -0.2) is 0 Å². The van der Waals surface area contributed by atoms with Gasteiger partial charge in [0.1, 0.15) is 0 Å². The minimum absolute atomic E-state index is 0.00739. The van der Waals surface area contributed by atoms with Gasteiger partial charge < -0.3 is 15.5 Å². The SMILES string of the molecule is CC(CC(=O)O)CC(=O)NCC(C)(C)CCO. The Morgan fingerprint density at radius 1 is 1.29 bits per heavy atom. The average molecular weight is 245 g/mol. The van der Waals surface area contributed by atoms with Crippen LogP contribution in [0.5, 0.6) is 0 Å². The molecular weight excluding hydrogens is 222 g/mol. The van der Waals surface area contributed by atoms with E-state index in [1.807, 2.05) is 13.8 Å². The molecule has 3 N–H and O–H groups in total. The van der Waals surface area contributed by atoms with Crippen LogP contribution in [0.1, 0.15) is 40.0 Å². The lowest BCUT2D eigenvalue weighted by Crippen LogP contribution is -2.35. The van der Waals surface area contributed by atoms with Crippen molar-refractivity contribution < 1.29 is 19.8 Å². The first-order chi connectivity index (χ1) is 7.76. The summed E-state index contributed by atoms with van der Waals surface area (Å²) in [6, 6.07) is 0. The van der Waals surface area contributed by atoms with Gasteiger partial charge in [-0.15, -0.1) is 0 Å². The summed E-state index contributed by atoms with van der Waals surface area (Å²) in [5, 5.41) is 20.2. The highest BCUT2D eigenvalue weighted by atomic mass is 16.4. The van der Waals surface area contributed by atoms with Crippen molar-refractivity contribution in [1.29, 1.82) is 0 Å². The number of hydrogen-bond donors (Lipinski definition) is 3. The van der Waals surface area contributed by atoms with Crippen molar-refractivity contribution in [3.63, 3.8) is 0 Å². The zero-order chi connectivity index (χ0) is 13.5. The molecule has 0 saturated carbocycles. The van der Waals surface area contributed by atoms with E-state index in [-0.39, 0.29) is 36.7 Å². The molecule has 0 aromatic rings. The maximum absolute atomic E-state index is 11.5. The molecule has 0 aliphatic heterocycles. The maximum Gasteiger partial charge on any atom is 0.303 e. The molecule has 17 heavy (non-hydrogen) atoms. The van der Waals surface area contributed by atoms with Crippen molar-refractivity contribution in [3.8, 4) is 0 Å². The second kappa shape index (κ2) is 7.27. The van der Waals surface area contributed by atoms with Crippen molar-refractivity contribution in [2.45, 2.75) is 40.0 Å². The van der Waals surface area contributed by atoms with Crippen LogP contribution in [0.15, 0.2) is 0 Å². The van der Waals surface area contributed by atoms with Crippen LogP contribution in [0.4, 0.5) is 0 Å². The molecule has 0 aromatic carbocycles. The topological polar surface area (TPSA) is 86.6 Å². The summed E-state index contributed by atoms with van der Waals surface area (Å²) in [7, 11) is 0. The van der Waals surface area contributed by atoms with E-state index in [0.717, 1.165) is 0 Å². The van der Waals surface area contributed by atoms with Crippen LogP contribution in [-0.2, 0) is 9.59 Å². The van der Waals surface area contributed by atoms with E-state index in [1.54, 1.807) is 6.92 Å². The number of amides is 1. The van der Waals surface area contributed by atoms with Gasteiger partial charge in [0.05, 0.1) is 0 Å². The van der Waals surface area contributed by atoms with E-state index in [4.69, 9.17) is 10.2 Å². The number of aliphatic hydroxyl groups excluding tert-OH is 1. The minimum atomic E-state index is -0.883. The number of hydrogen-bond acceptors (Lipinski definition) is 3. The van der Waals surface area contributed by atoms with E-state index < -0.39 is 5.97 Å². The van der Waals surface area contributed by atoms with E-state index in [1.165, 1.54) is 0 Å². The summed E-state index contributed by atoms with van der Waals surface area (Å²) in [5.74, 6) is -1.18. The molecule has 0 fully saturated rings. The maximum atomic E-state index is 11.5. The van der Waals surface area contributed by atoms with E-state index in [0.29, 0.717) is 13.0 Å². The summed E-state index contributed by atoms with van der Waals surface area (Å²) < 4.78 is 0. The molecule has 1 amide bonds. The Balaban J connectivity index is 3.90. The second-order valence-corrected chi connectivity index (χ2v) is 5.32. The van der Waals surface area contributed by atoms with Gasteiger partial charge in [0.2, 0.25) is 5.91 Å². The quantitative estimate of drug-likeness (QED) is 0.595. The van der Waals surface area contributed by atoms with Crippen LogP contribution in [0, 0.1) is 11.3 Å². The Morgan fingerprint density at radius 3 is 2.35 bits per heavy atom. The van der Waals surface area contributed by atoms with Crippen molar-refractivity contribution in [2.24, 2.45) is 11.3 Å². The van der Waals surface area contributed by atoms with Crippen LogP contribution >= 0.6 is 0 Å². The molecule has 0 heterocycles. The lowest BCUT2D eigenvalue weighted by molar-refractivity contribution is -0.138. The highest BCUT2D eigenvalue weighted by Crippen LogP contribution is 2.18. The summed E-state index contributed by atoms with van der Waals surface area (Å²) in [5.41, 5.74) is -0.138. The summed E-state index contributed by atoms with van der Waals surface area (Å²) >= 11 is 0. The second-order valence-electron chi connectivity index (χ2n) is 5.32. The lowest BCUT2D eigenvalue weighted by atomic mass is 9.89. The fourth-order valence-corrected chi connectivity index (χ4v) is 1.49. The number of aliphatic hydroxyl groups is 1. The van der Waals surface area contributed by atoms with E-state index in [9.17, 15) is 9.59 Å². The van der Waals surface area contributed by atoms with Crippen LogP contribution in [-0.4, -0.2) is 35.2 Å². The average Bonchev–Trinajstić information content (AvgIpc) is 2.13. The zero-order valence-electron chi connectivity index (χ0n) is 10.8. The number of carbonyl (C=O) groups is 2. The third-order valence-corrected chi connectivity index (χ3v) is 2.61. The molecule has 0 saturated heterocycles. The van der Waals surface area contributed by atoms with Gasteiger partial charge in [-0.05, 0) is 17.8 Å². The number of aliphatic carboxylic acids is 1. The predicted molar refractivity (Wildman–Crippen MR) is 64.5 cm³/mol. The van der Waals surface area contributed by atoms with Gasteiger partial charge in [-0.2, -0.15) is 0 Å². The Hall–Kier alpha value is -1.10. The van der Waals surface area contributed by atoms with Gasteiger partial charge >= 0.3 is 5.97 Å². The van der Waals surface area contributed by atoms with Gasteiger partial charge in [-0.1, -0.05) is 20.8 Å². The predicted octanol–water partition coefficient (Wildman–Crippen LogP) is 1.01. The fraction of sp³-hybridized carbons (Fsp3) is 0.833. The molecule has 5 heteroatoms. The molecule has 0 bridgehead atoms. The molecule has 0 spiro atoms. The van der Waals surface area contributed by atoms with Crippen molar-refractivity contribution in [3.05, 3.63) is 0 Å². The molecule has 0 radical (unpaired) electrons. The first kappa shape index (κ1) is 15.9. The molecule has 5 nitrogen and oxygen atoms in total. The third-order valence-electron chi connectivity index (χ3n) is 2.61. The first-order valence-electron chi connectivity index (χ1n) is 5.86. The number of carbonyl (C=O) groups excluding carboxylic acids is 1. The van der Waals surface area contributed by atoms with Crippen LogP contribution in [0.25, 0.3) is 0 Å². The minimum Gasteiger partial charge on any atom is -0.481 e. The standard InChI is InChI=1S/C12H23NO4/c1-9(7-11(16)17)6-10(15)13-8-12(2,3)4-5-14/h9,14H,4-8H2,1-3H3,(H,13,15)(H,16,17). The summed E-state index contributed by atoms with van der Waals surface area (Å²) in [4.78, 5) is 22.0. The van der Waals surface area contributed by atoms with Gasteiger partial charge in [0.25, 0.3) is 0 Å². The number of rotatable bonds is 8. The smallest absolute Gasteiger partial charge is 0.303 e. The first-order valence-corrected chi connectivity index (χ1v) is 5.86. The Bertz CT molecular complexity index is 263.